The minimum Gasteiger partial charge on any atom is -0.481 e. The minimum atomic E-state index is -2.27. The van der Waals surface area contributed by atoms with Gasteiger partial charge >= 0.3 is 8.80 Å². The van der Waals surface area contributed by atoms with Gasteiger partial charge in [0, 0.05) is 32.8 Å². The quantitative estimate of drug-likeness (QED) is 0.704. The zero-order valence-electron chi connectivity index (χ0n) is 11.4. The Balaban J connectivity index is -0.000000340. The molecule has 0 rings (SSSR count). The summed E-state index contributed by atoms with van der Waals surface area (Å²) in [6.07, 6.45) is 0. The van der Waals surface area contributed by atoms with E-state index in [0.29, 0.717) is 19.8 Å². The fourth-order valence-corrected chi connectivity index (χ4v) is 3.27. The predicted molar refractivity (Wildman–Crippen MR) is 68.0 cm³/mol. The molecule has 3 N–H and O–H groups in total. The van der Waals surface area contributed by atoms with Crippen LogP contribution in [0.25, 0.3) is 0 Å². The van der Waals surface area contributed by atoms with Gasteiger partial charge in [-0.25, -0.2) is 0 Å². The van der Waals surface area contributed by atoms with Gasteiger partial charge in [-0.3, -0.25) is 4.79 Å². The van der Waals surface area contributed by atoms with Gasteiger partial charge in [0.25, 0.3) is 5.97 Å². The Morgan fingerprint density at radius 1 is 1.00 bits per heavy atom. The van der Waals surface area contributed by atoms with Crippen LogP contribution in [0.1, 0.15) is 34.6 Å². The lowest BCUT2D eigenvalue weighted by Gasteiger charge is -2.26. The van der Waals surface area contributed by atoms with Crippen LogP contribution in [0, 0.1) is 0 Å². The Labute approximate surface area is 105 Å². The molecule has 0 saturated carbocycles. The molecule has 0 amide bonds. The highest BCUT2D eigenvalue weighted by molar-refractivity contribution is 6.60. The zero-order valence-corrected chi connectivity index (χ0v) is 12.4. The fourth-order valence-electron chi connectivity index (χ4n) is 1.09. The molecule has 0 fully saturated rings. The van der Waals surface area contributed by atoms with Crippen molar-refractivity contribution in [3.05, 3.63) is 0 Å². The number of aliphatic carboxylic acids is 1. The second-order valence-electron chi connectivity index (χ2n) is 2.85. The Hall–Kier alpha value is -0.473. The molecule has 0 spiro atoms. The summed E-state index contributed by atoms with van der Waals surface area (Å²) >= 11 is 0. The number of carboxylic acid groups (broad SMARTS) is 1. The Morgan fingerprint density at radius 3 is 1.35 bits per heavy atom. The molecule has 0 unspecified atom stereocenters. The minimum absolute atomic E-state index is 0. The summed E-state index contributed by atoms with van der Waals surface area (Å²) < 4.78 is 16.7. The molecule has 7 heteroatoms. The van der Waals surface area contributed by atoms with Crippen LogP contribution in [0.15, 0.2) is 0 Å². The Kier molecular flexibility index (Phi) is 17.4. The molecule has 0 aromatic heterocycles. The second kappa shape index (κ2) is 13.6. The molecule has 106 valence electrons. The summed E-state index contributed by atoms with van der Waals surface area (Å²) in [7, 11) is -2.27. The van der Waals surface area contributed by atoms with Crippen LogP contribution >= 0.6 is 0 Å². The van der Waals surface area contributed by atoms with Crippen molar-refractivity contribution in [3.8, 4) is 0 Å². The maximum absolute atomic E-state index is 9.00. The number of hydrogen-bond acceptors (Lipinski definition) is 4. The Bertz CT molecular complexity index is 155. The summed E-state index contributed by atoms with van der Waals surface area (Å²) in [5, 5.41) is 7.42. The topological polar surface area (TPSA) is 96.5 Å². The third-order valence-electron chi connectivity index (χ3n) is 1.53. The van der Waals surface area contributed by atoms with Crippen molar-refractivity contribution in [1.29, 1.82) is 0 Å². The van der Waals surface area contributed by atoms with Crippen LogP contribution < -0.4 is 0 Å². The SMILES string of the molecule is CC(=O)O.CCO[Si](CC)(OCC)OCC.O. The van der Waals surface area contributed by atoms with Gasteiger partial charge in [-0.1, -0.05) is 6.92 Å². The van der Waals surface area contributed by atoms with Gasteiger partial charge in [0.05, 0.1) is 0 Å². The summed E-state index contributed by atoms with van der Waals surface area (Å²) in [6, 6.07) is 0.850. The number of rotatable bonds is 7. The van der Waals surface area contributed by atoms with E-state index in [1.807, 2.05) is 27.7 Å². The smallest absolute Gasteiger partial charge is 0.481 e. The van der Waals surface area contributed by atoms with E-state index in [0.717, 1.165) is 13.0 Å². The lowest BCUT2D eigenvalue weighted by Crippen LogP contribution is -2.45. The molecule has 0 bridgehead atoms. The predicted octanol–water partition coefficient (Wildman–Crippen LogP) is 1.32. The van der Waals surface area contributed by atoms with Gasteiger partial charge in [-0.15, -0.1) is 0 Å². The molecule has 0 aliphatic carbocycles. The highest BCUT2D eigenvalue weighted by atomic mass is 28.4. The third kappa shape index (κ3) is 13.5. The first-order valence-electron chi connectivity index (χ1n) is 5.59. The lowest BCUT2D eigenvalue weighted by atomic mass is 10.9. The van der Waals surface area contributed by atoms with Crippen molar-refractivity contribution in [2.75, 3.05) is 19.8 Å². The van der Waals surface area contributed by atoms with Crippen molar-refractivity contribution < 1.29 is 28.7 Å². The van der Waals surface area contributed by atoms with Gasteiger partial charge in [0.15, 0.2) is 0 Å². The zero-order chi connectivity index (χ0) is 13.0. The van der Waals surface area contributed by atoms with E-state index < -0.39 is 14.8 Å². The standard InChI is InChI=1S/C8H20O3Si.C2H4O2.H2O/c1-5-9-12(8-4,10-6-2)11-7-3;1-2(3)4;/h5-8H2,1-4H3;1H3,(H,3,4);1H2. The second-order valence-corrected chi connectivity index (χ2v) is 5.79. The first-order valence-corrected chi connectivity index (χ1v) is 7.52. The fraction of sp³-hybridized carbons (Fsp3) is 0.900. The Morgan fingerprint density at radius 2 is 1.24 bits per heavy atom. The van der Waals surface area contributed by atoms with Crippen LogP contribution in [0.3, 0.4) is 0 Å². The maximum Gasteiger partial charge on any atom is 0.500 e. The van der Waals surface area contributed by atoms with E-state index >= 15 is 0 Å². The highest BCUT2D eigenvalue weighted by Gasteiger charge is 2.37. The molecule has 0 atom stereocenters. The first kappa shape index (κ1) is 21.8. The summed E-state index contributed by atoms with van der Waals surface area (Å²) in [5.41, 5.74) is 0. The molecule has 0 heterocycles. The lowest BCUT2D eigenvalue weighted by molar-refractivity contribution is -0.134. The molecular weight excluding hydrogens is 244 g/mol. The number of carbonyl (C=O) groups is 1. The van der Waals surface area contributed by atoms with Gasteiger partial charge in [0.2, 0.25) is 0 Å². The van der Waals surface area contributed by atoms with Gasteiger partial charge < -0.3 is 23.9 Å². The molecular formula is C10H26O6Si. The van der Waals surface area contributed by atoms with E-state index in [1.54, 1.807) is 0 Å². The van der Waals surface area contributed by atoms with Gasteiger partial charge in [-0.2, -0.15) is 0 Å². The van der Waals surface area contributed by atoms with Crippen molar-refractivity contribution in [3.63, 3.8) is 0 Å². The van der Waals surface area contributed by atoms with Crippen LogP contribution in [0.5, 0.6) is 0 Å². The molecule has 0 saturated heterocycles. The molecule has 6 nitrogen and oxygen atoms in total. The van der Waals surface area contributed by atoms with Crippen LogP contribution in [-0.2, 0) is 18.1 Å². The number of carboxylic acids is 1. The van der Waals surface area contributed by atoms with Crippen molar-refractivity contribution >= 4 is 14.8 Å². The number of hydrogen-bond donors (Lipinski definition) is 1. The summed E-state index contributed by atoms with van der Waals surface area (Å²) in [6.45, 7) is 11.0. The summed E-state index contributed by atoms with van der Waals surface area (Å²) in [5.74, 6) is -0.833. The normalized spacial score (nSPS) is 9.94. The molecule has 0 aromatic carbocycles. The third-order valence-corrected chi connectivity index (χ3v) is 4.58. The van der Waals surface area contributed by atoms with Crippen molar-refractivity contribution in [2.45, 2.75) is 40.7 Å². The maximum atomic E-state index is 9.00. The van der Waals surface area contributed by atoms with E-state index in [4.69, 9.17) is 23.2 Å². The van der Waals surface area contributed by atoms with Gasteiger partial charge in [-0.05, 0) is 20.8 Å². The largest absolute Gasteiger partial charge is 0.500 e. The average molecular weight is 270 g/mol. The molecule has 0 aliphatic heterocycles. The van der Waals surface area contributed by atoms with E-state index in [2.05, 4.69) is 0 Å². The molecule has 17 heavy (non-hydrogen) atoms. The van der Waals surface area contributed by atoms with Crippen LogP contribution in [0.2, 0.25) is 6.04 Å². The van der Waals surface area contributed by atoms with E-state index in [1.165, 1.54) is 0 Å². The monoisotopic (exact) mass is 270 g/mol. The van der Waals surface area contributed by atoms with Crippen LogP contribution in [0.4, 0.5) is 0 Å². The summed E-state index contributed by atoms with van der Waals surface area (Å²) in [4.78, 5) is 9.00. The molecule has 0 radical (unpaired) electrons. The van der Waals surface area contributed by atoms with Crippen molar-refractivity contribution in [1.82, 2.24) is 0 Å². The van der Waals surface area contributed by atoms with Gasteiger partial charge in [0.1, 0.15) is 0 Å². The first-order chi connectivity index (χ1) is 7.47. The van der Waals surface area contributed by atoms with Crippen molar-refractivity contribution in [2.24, 2.45) is 0 Å². The average Bonchev–Trinajstić information content (AvgIpc) is 2.18. The highest BCUT2D eigenvalue weighted by Crippen LogP contribution is 2.14. The molecule has 0 aromatic rings. The van der Waals surface area contributed by atoms with E-state index in [9.17, 15) is 0 Å². The molecule has 0 aliphatic rings. The van der Waals surface area contributed by atoms with E-state index in [-0.39, 0.29) is 5.48 Å². The van der Waals surface area contributed by atoms with Crippen LogP contribution in [-0.4, -0.2) is 45.2 Å².